The summed E-state index contributed by atoms with van der Waals surface area (Å²) < 4.78 is 25.7. The van der Waals surface area contributed by atoms with E-state index in [0.29, 0.717) is 26.9 Å². The zero-order valence-corrected chi connectivity index (χ0v) is 22.8. The van der Waals surface area contributed by atoms with Gasteiger partial charge >= 0.3 is 0 Å². The second-order valence-electron chi connectivity index (χ2n) is 7.78. The number of imide groups is 1. The van der Waals surface area contributed by atoms with E-state index < -0.39 is 27.3 Å². The minimum absolute atomic E-state index is 0.0629. The normalized spacial score (nSPS) is 13.7. The number of carbonyl (C=O) groups excluding carboxylic acids is 3. The molecule has 0 fully saturated rings. The minimum Gasteiger partial charge on any atom is -0.387 e. The molecule has 0 saturated carbocycles. The zero-order valence-electron chi connectivity index (χ0n) is 18.1. The molecular weight excluding hydrogens is 599 g/mol. The van der Waals surface area contributed by atoms with Gasteiger partial charge in [0.2, 0.25) is 5.91 Å². The molecule has 0 spiro atoms. The van der Waals surface area contributed by atoms with Crippen molar-refractivity contribution in [1.82, 2.24) is 0 Å². The molecule has 35 heavy (non-hydrogen) atoms. The molecule has 3 aromatic rings. The van der Waals surface area contributed by atoms with Crippen LogP contribution in [0, 0.1) is 0 Å². The lowest BCUT2D eigenvalue weighted by Gasteiger charge is -2.27. The summed E-state index contributed by atoms with van der Waals surface area (Å²) in [6, 6.07) is 11.0. The van der Waals surface area contributed by atoms with Crippen molar-refractivity contribution in [1.29, 1.82) is 0 Å². The highest BCUT2D eigenvalue weighted by Crippen LogP contribution is 2.35. The quantitative estimate of drug-likeness (QED) is 0.368. The molecule has 12 heteroatoms. The molecular formula is C23H17BrCl2N2O5S2. The summed E-state index contributed by atoms with van der Waals surface area (Å²) in [4.78, 5) is 39.4. The Morgan fingerprint density at radius 1 is 1.14 bits per heavy atom. The number of sulfone groups is 1. The van der Waals surface area contributed by atoms with Gasteiger partial charge in [0.25, 0.3) is 5.91 Å². The molecule has 0 bridgehead atoms. The van der Waals surface area contributed by atoms with Gasteiger partial charge < -0.3 is 5.32 Å². The molecule has 0 unspecified atom stereocenters. The summed E-state index contributed by atoms with van der Waals surface area (Å²) >= 11 is 15.9. The fourth-order valence-electron chi connectivity index (χ4n) is 3.70. The maximum Gasteiger partial charge on any atom is 0.265 e. The number of hydrogen-bond donors (Lipinski definition) is 1. The van der Waals surface area contributed by atoms with Crippen LogP contribution >= 0.6 is 50.5 Å². The van der Waals surface area contributed by atoms with Crippen LogP contribution in [0.15, 0.2) is 51.1 Å². The maximum absolute atomic E-state index is 13.1. The third-order valence-corrected chi connectivity index (χ3v) is 10.1. The lowest BCUT2D eigenvalue weighted by molar-refractivity contribution is -0.118. The standard InChI is InChI=1S/C23H17BrCl2N2O5S2/c1-27-19-7-13-8-20(30)28(23(31)16(13)9-17(19)24)14-4-2-12(3-5-14)6-15(29)11-35(32,33)21-10-18(25)22(26)34-21/h2-5,7,9-10,27H,6,8,11H2,1H3. The molecule has 0 atom stereocenters. The Bertz CT molecular complexity index is 1450. The number of nitrogens with one attached hydrogen (secondary N) is 1. The van der Waals surface area contributed by atoms with Crippen molar-refractivity contribution in [2.24, 2.45) is 0 Å². The lowest BCUT2D eigenvalue weighted by atomic mass is 9.97. The molecule has 182 valence electrons. The first kappa shape index (κ1) is 25.8. The predicted octanol–water partition coefficient (Wildman–Crippen LogP) is 5.17. The number of Topliss-reactive ketones (excluding diaryl/α,β-unsaturated/α-hetero) is 1. The summed E-state index contributed by atoms with van der Waals surface area (Å²) in [6.07, 6.45) is -0.0608. The van der Waals surface area contributed by atoms with Crippen molar-refractivity contribution in [3.8, 4) is 0 Å². The number of amides is 2. The van der Waals surface area contributed by atoms with Crippen molar-refractivity contribution in [3.63, 3.8) is 0 Å². The highest BCUT2D eigenvalue weighted by atomic mass is 79.9. The van der Waals surface area contributed by atoms with E-state index in [-0.39, 0.29) is 32.3 Å². The number of anilines is 2. The highest BCUT2D eigenvalue weighted by Gasteiger charge is 2.33. The lowest BCUT2D eigenvalue weighted by Crippen LogP contribution is -2.42. The van der Waals surface area contributed by atoms with Gasteiger partial charge in [0.15, 0.2) is 15.6 Å². The molecule has 2 aromatic carbocycles. The summed E-state index contributed by atoms with van der Waals surface area (Å²) in [7, 11) is -2.11. The average molecular weight is 616 g/mol. The number of carbonyl (C=O) groups is 3. The summed E-state index contributed by atoms with van der Waals surface area (Å²) in [6.45, 7) is 0. The molecule has 1 aromatic heterocycles. The van der Waals surface area contributed by atoms with Crippen molar-refractivity contribution in [3.05, 3.63) is 73.0 Å². The highest BCUT2D eigenvalue weighted by molar-refractivity contribution is 9.10. The number of thiophene rings is 1. The van der Waals surface area contributed by atoms with Crippen LogP contribution in [0.1, 0.15) is 21.5 Å². The SMILES string of the molecule is CNc1cc2c(cc1Br)C(=O)N(c1ccc(CC(=O)CS(=O)(=O)c3cc(Cl)c(Cl)s3)cc1)C(=O)C2. The van der Waals surface area contributed by atoms with E-state index in [1.54, 1.807) is 43.4 Å². The molecule has 0 radical (unpaired) electrons. The Kier molecular flexibility index (Phi) is 7.40. The van der Waals surface area contributed by atoms with Gasteiger partial charge in [-0.1, -0.05) is 35.3 Å². The second kappa shape index (κ2) is 10.0. The minimum atomic E-state index is -3.86. The van der Waals surface area contributed by atoms with Crippen molar-refractivity contribution in [2.75, 3.05) is 23.0 Å². The summed E-state index contributed by atoms with van der Waals surface area (Å²) in [5.74, 6) is -2.01. The monoisotopic (exact) mass is 614 g/mol. The van der Waals surface area contributed by atoms with Crippen LogP contribution in [-0.4, -0.2) is 38.8 Å². The molecule has 1 aliphatic heterocycles. The van der Waals surface area contributed by atoms with Crippen LogP contribution in [0.5, 0.6) is 0 Å². The largest absolute Gasteiger partial charge is 0.387 e. The first-order valence-corrected chi connectivity index (χ1v) is 14.2. The van der Waals surface area contributed by atoms with E-state index in [9.17, 15) is 22.8 Å². The molecule has 4 rings (SSSR count). The number of fused-ring (bicyclic) bond motifs is 1. The van der Waals surface area contributed by atoms with Gasteiger partial charge in [-0.3, -0.25) is 14.4 Å². The van der Waals surface area contributed by atoms with Crippen molar-refractivity contribution >= 4 is 89.3 Å². The summed E-state index contributed by atoms with van der Waals surface area (Å²) in [5.41, 5.74) is 2.76. The Labute approximate surface area is 224 Å². The molecule has 2 heterocycles. The van der Waals surface area contributed by atoms with E-state index in [4.69, 9.17) is 23.2 Å². The Morgan fingerprint density at radius 3 is 2.43 bits per heavy atom. The van der Waals surface area contributed by atoms with Gasteiger partial charge in [-0.25, -0.2) is 13.3 Å². The van der Waals surface area contributed by atoms with E-state index in [1.807, 2.05) is 0 Å². The van der Waals surface area contributed by atoms with E-state index in [0.717, 1.165) is 21.9 Å². The van der Waals surface area contributed by atoms with E-state index in [1.165, 1.54) is 6.07 Å². The Hall–Kier alpha value is -2.24. The number of benzene rings is 2. The van der Waals surface area contributed by atoms with E-state index >= 15 is 0 Å². The molecule has 2 amide bonds. The Morgan fingerprint density at radius 2 is 1.83 bits per heavy atom. The molecule has 0 saturated heterocycles. The fourth-order valence-corrected chi connectivity index (χ4v) is 7.44. The third-order valence-electron chi connectivity index (χ3n) is 5.36. The first-order chi connectivity index (χ1) is 16.5. The van der Waals surface area contributed by atoms with E-state index in [2.05, 4.69) is 21.2 Å². The van der Waals surface area contributed by atoms with Crippen LogP contribution in [0.25, 0.3) is 0 Å². The average Bonchev–Trinajstić information content (AvgIpc) is 3.14. The van der Waals surface area contributed by atoms with Crippen LogP contribution < -0.4 is 10.2 Å². The smallest absolute Gasteiger partial charge is 0.265 e. The molecule has 7 nitrogen and oxygen atoms in total. The van der Waals surface area contributed by atoms with Crippen LogP contribution in [0.4, 0.5) is 11.4 Å². The first-order valence-electron chi connectivity index (χ1n) is 10.2. The van der Waals surface area contributed by atoms with Gasteiger partial charge in [-0.15, -0.1) is 11.3 Å². The third kappa shape index (κ3) is 5.31. The number of halogens is 3. The number of hydrogen-bond acceptors (Lipinski definition) is 7. The fraction of sp³-hybridized carbons (Fsp3) is 0.174. The van der Waals surface area contributed by atoms with Gasteiger partial charge in [0.05, 0.1) is 17.1 Å². The number of ketones is 1. The van der Waals surface area contributed by atoms with Crippen LogP contribution in [0.2, 0.25) is 9.36 Å². The van der Waals surface area contributed by atoms with Gasteiger partial charge in [-0.05, 0) is 57.4 Å². The van der Waals surface area contributed by atoms with Gasteiger partial charge in [0.1, 0.15) is 14.3 Å². The van der Waals surface area contributed by atoms with Gasteiger partial charge in [-0.2, -0.15) is 0 Å². The van der Waals surface area contributed by atoms with Crippen LogP contribution in [0.3, 0.4) is 0 Å². The number of rotatable bonds is 7. The molecule has 0 aliphatic carbocycles. The molecule has 1 aliphatic rings. The van der Waals surface area contributed by atoms with Crippen LogP contribution in [-0.2, 0) is 32.3 Å². The Balaban J connectivity index is 1.49. The number of nitrogens with zero attached hydrogens (tertiary/aromatic N) is 1. The predicted molar refractivity (Wildman–Crippen MR) is 141 cm³/mol. The second-order valence-corrected chi connectivity index (χ2v) is 12.9. The van der Waals surface area contributed by atoms with Gasteiger partial charge in [0, 0.05) is 29.2 Å². The van der Waals surface area contributed by atoms with Crippen molar-refractivity contribution < 1.29 is 22.8 Å². The summed E-state index contributed by atoms with van der Waals surface area (Å²) in [5, 5.41) is 3.13. The maximum atomic E-state index is 13.1. The topological polar surface area (TPSA) is 101 Å². The molecule has 1 N–H and O–H groups in total. The van der Waals surface area contributed by atoms with Crippen molar-refractivity contribution in [2.45, 2.75) is 17.1 Å². The zero-order chi connectivity index (χ0) is 25.5.